The van der Waals surface area contributed by atoms with Gasteiger partial charge >= 0.3 is 0 Å². The molecule has 0 saturated carbocycles. The van der Waals surface area contributed by atoms with Gasteiger partial charge in [0.15, 0.2) is 20.5 Å². The van der Waals surface area contributed by atoms with Crippen LogP contribution in [0.1, 0.15) is 12.5 Å². The van der Waals surface area contributed by atoms with Gasteiger partial charge in [0.25, 0.3) is 0 Å². The summed E-state index contributed by atoms with van der Waals surface area (Å²) in [6, 6.07) is 8.43. The number of aryl methyl sites for hydroxylation is 1. The third-order valence-electron chi connectivity index (χ3n) is 4.31. The Labute approximate surface area is 178 Å². The topological polar surface area (TPSA) is 131 Å². The van der Waals surface area contributed by atoms with Crippen LogP contribution in [-0.2, 0) is 14.6 Å². The van der Waals surface area contributed by atoms with Crippen LogP contribution >= 0.6 is 0 Å². The number of nitrogens with one attached hydrogen (secondary N) is 2. The molecule has 4 aromatic heterocycles. The van der Waals surface area contributed by atoms with Crippen LogP contribution in [0, 0.1) is 6.92 Å². The van der Waals surface area contributed by atoms with Crippen LogP contribution in [-0.4, -0.2) is 45.1 Å². The molecule has 1 amide bonds. The number of hydrogen-bond acceptors (Lipinski definition) is 8. The highest BCUT2D eigenvalue weighted by Gasteiger charge is 2.15. The Hall–Kier alpha value is -3.86. The molecule has 0 atom stereocenters. The molecule has 0 saturated heterocycles. The van der Waals surface area contributed by atoms with Gasteiger partial charge in [-0.2, -0.15) is 5.10 Å². The van der Waals surface area contributed by atoms with Crippen LogP contribution < -0.4 is 10.6 Å². The third kappa shape index (κ3) is 4.51. The molecule has 2 N–H and O–H groups in total. The second-order valence-corrected chi connectivity index (χ2v) is 8.98. The number of nitrogens with zero attached hydrogens (tertiary/aromatic N) is 5. The number of rotatable bonds is 5. The molecule has 0 aromatic carbocycles. The second-order valence-electron chi connectivity index (χ2n) is 7.01. The quantitative estimate of drug-likeness (QED) is 0.487. The number of anilines is 3. The molecule has 0 aliphatic carbocycles. The molecule has 0 aliphatic heterocycles. The lowest BCUT2D eigenvalue weighted by molar-refractivity contribution is -0.114. The summed E-state index contributed by atoms with van der Waals surface area (Å²) in [6.45, 7) is 3.17. The van der Waals surface area contributed by atoms with E-state index >= 15 is 0 Å². The van der Waals surface area contributed by atoms with Crippen molar-refractivity contribution in [2.75, 3.05) is 16.9 Å². The Morgan fingerprint density at radius 2 is 1.90 bits per heavy atom. The van der Waals surface area contributed by atoms with Crippen molar-refractivity contribution >= 4 is 38.7 Å². The number of aromatic nitrogens is 5. The molecule has 158 valence electrons. The number of carbonyl (C=O) groups is 1. The maximum atomic E-state index is 12.0. The molecule has 0 spiro atoms. The summed E-state index contributed by atoms with van der Waals surface area (Å²) in [6.07, 6.45) is 6.12. The zero-order valence-corrected chi connectivity index (χ0v) is 17.8. The van der Waals surface area contributed by atoms with Gasteiger partial charge in [-0.05, 0) is 30.7 Å². The first-order chi connectivity index (χ1) is 14.7. The summed E-state index contributed by atoms with van der Waals surface area (Å²) in [7, 11) is -3.49. The second kappa shape index (κ2) is 7.76. The molecular formula is C20H19N7O3S. The van der Waals surface area contributed by atoms with E-state index in [0.29, 0.717) is 34.2 Å². The van der Waals surface area contributed by atoms with Crippen molar-refractivity contribution in [2.24, 2.45) is 0 Å². The summed E-state index contributed by atoms with van der Waals surface area (Å²) in [5.74, 6) is 0.399. The first kappa shape index (κ1) is 20.4. The molecule has 0 unspecified atom stereocenters. The Morgan fingerprint density at radius 3 is 2.61 bits per heavy atom. The van der Waals surface area contributed by atoms with Crippen molar-refractivity contribution in [3.63, 3.8) is 0 Å². The van der Waals surface area contributed by atoms with Crippen LogP contribution in [0.15, 0.2) is 53.9 Å². The lowest BCUT2D eigenvalue weighted by atomic mass is 10.1. The van der Waals surface area contributed by atoms with E-state index in [0.717, 1.165) is 11.8 Å². The predicted octanol–water partition coefficient (Wildman–Crippen LogP) is 2.60. The van der Waals surface area contributed by atoms with E-state index < -0.39 is 9.84 Å². The van der Waals surface area contributed by atoms with E-state index in [1.54, 1.807) is 54.3 Å². The summed E-state index contributed by atoms with van der Waals surface area (Å²) in [5, 5.41) is 10.3. The van der Waals surface area contributed by atoms with Gasteiger partial charge in [0.05, 0.1) is 11.4 Å². The summed E-state index contributed by atoms with van der Waals surface area (Å²) >= 11 is 0. The van der Waals surface area contributed by atoms with Crippen molar-refractivity contribution in [1.82, 2.24) is 24.6 Å². The summed E-state index contributed by atoms with van der Waals surface area (Å²) in [4.78, 5) is 24.3. The number of sulfone groups is 1. The fourth-order valence-electron chi connectivity index (χ4n) is 3.00. The van der Waals surface area contributed by atoms with Crippen LogP contribution in [0.2, 0.25) is 0 Å². The highest BCUT2D eigenvalue weighted by molar-refractivity contribution is 7.90. The van der Waals surface area contributed by atoms with Crippen molar-refractivity contribution in [1.29, 1.82) is 0 Å². The van der Waals surface area contributed by atoms with E-state index in [1.807, 2.05) is 0 Å². The molecule has 4 heterocycles. The minimum atomic E-state index is -3.49. The predicted molar refractivity (Wildman–Crippen MR) is 116 cm³/mol. The zero-order valence-electron chi connectivity index (χ0n) is 17.0. The molecule has 10 nitrogen and oxygen atoms in total. The molecule has 4 aromatic rings. The highest BCUT2D eigenvalue weighted by Crippen LogP contribution is 2.31. The average molecular weight is 437 g/mol. The van der Waals surface area contributed by atoms with E-state index in [4.69, 9.17) is 0 Å². The van der Waals surface area contributed by atoms with Gasteiger partial charge < -0.3 is 10.6 Å². The molecule has 0 bridgehead atoms. The number of amides is 1. The first-order valence-corrected chi connectivity index (χ1v) is 11.1. The van der Waals surface area contributed by atoms with Gasteiger partial charge in [0, 0.05) is 49.5 Å². The normalized spacial score (nSPS) is 11.5. The first-order valence-electron chi connectivity index (χ1n) is 9.23. The fourth-order valence-corrected chi connectivity index (χ4v) is 3.66. The molecule has 11 heteroatoms. The molecule has 31 heavy (non-hydrogen) atoms. The Kier molecular flexibility index (Phi) is 5.11. The Morgan fingerprint density at radius 1 is 1.10 bits per heavy atom. The SMILES string of the molecule is CC(=O)Nc1cc(Nc2cc(C)cc(S(C)(=O)=O)n2)c(-c2cc3ncccn3n2)cn1. The van der Waals surface area contributed by atoms with E-state index in [2.05, 4.69) is 30.7 Å². The Balaban J connectivity index is 1.83. The smallest absolute Gasteiger partial charge is 0.222 e. The lowest BCUT2D eigenvalue weighted by Crippen LogP contribution is -2.09. The van der Waals surface area contributed by atoms with E-state index in [1.165, 1.54) is 13.0 Å². The lowest BCUT2D eigenvalue weighted by Gasteiger charge is -2.13. The van der Waals surface area contributed by atoms with Crippen molar-refractivity contribution in [3.05, 3.63) is 54.5 Å². The number of hydrogen-bond donors (Lipinski definition) is 2. The minimum Gasteiger partial charge on any atom is -0.339 e. The van der Waals surface area contributed by atoms with Crippen LogP contribution in [0.3, 0.4) is 0 Å². The zero-order chi connectivity index (χ0) is 22.2. The van der Waals surface area contributed by atoms with Crippen molar-refractivity contribution in [3.8, 4) is 11.3 Å². The summed E-state index contributed by atoms with van der Waals surface area (Å²) < 4.78 is 25.6. The third-order valence-corrected chi connectivity index (χ3v) is 5.28. The molecule has 0 fully saturated rings. The van der Waals surface area contributed by atoms with Crippen molar-refractivity contribution in [2.45, 2.75) is 18.9 Å². The monoisotopic (exact) mass is 437 g/mol. The van der Waals surface area contributed by atoms with Gasteiger partial charge in [-0.3, -0.25) is 4.79 Å². The van der Waals surface area contributed by atoms with Gasteiger partial charge in [0.1, 0.15) is 11.6 Å². The molecule has 4 rings (SSSR count). The maximum absolute atomic E-state index is 12.0. The van der Waals surface area contributed by atoms with Crippen LogP contribution in [0.5, 0.6) is 0 Å². The largest absolute Gasteiger partial charge is 0.339 e. The minimum absolute atomic E-state index is 0.0374. The van der Waals surface area contributed by atoms with Gasteiger partial charge in [0.2, 0.25) is 5.91 Å². The summed E-state index contributed by atoms with van der Waals surface area (Å²) in [5.41, 5.74) is 3.15. The standard InChI is InChI=1S/C20H19N7O3S/c1-12-7-18(25-20(8-12)31(3,29)30)24-15-9-17(23-13(2)28)22-11-14(15)16-10-19-21-5-4-6-27(19)26-16/h4-11H,1-3H3,(H2,22,23,24,25,28). The van der Waals surface area contributed by atoms with Crippen LogP contribution in [0.4, 0.5) is 17.3 Å². The molecule has 0 radical (unpaired) electrons. The highest BCUT2D eigenvalue weighted by atomic mass is 32.2. The number of carbonyl (C=O) groups excluding carboxylic acids is 1. The van der Waals surface area contributed by atoms with Gasteiger partial charge in [-0.25, -0.2) is 27.9 Å². The molecular weight excluding hydrogens is 418 g/mol. The number of fused-ring (bicyclic) bond motifs is 1. The van der Waals surface area contributed by atoms with E-state index in [9.17, 15) is 13.2 Å². The fraction of sp³-hybridized carbons (Fsp3) is 0.150. The Bertz CT molecular complexity index is 1380. The average Bonchev–Trinajstić information content (AvgIpc) is 3.10. The van der Waals surface area contributed by atoms with Gasteiger partial charge in [-0.1, -0.05) is 0 Å². The molecule has 0 aliphatic rings. The van der Waals surface area contributed by atoms with Crippen molar-refractivity contribution < 1.29 is 13.2 Å². The van der Waals surface area contributed by atoms with Crippen LogP contribution in [0.25, 0.3) is 16.9 Å². The van der Waals surface area contributed by atoms with Gasteiger partial charge in [-0.15, -0.1) is 0 Å². The maximum Gasteiger partial charge on any atom is 0.222 e. The number of pyridine rings is 2. The van der Waals surface area contributed by atoms with E-state index in [-0.39, 0.29) is 10.9 Å².